The van der Waals surface area contributed by atoms with Gasteiger partial charge in [-0.3, -0.25) is 0 Å². The molecule has 0 aliphatic carbocycles. The number of oxime groups is 1. The Morgan fingerprint density at radius 3 is 2.30 bits per heavy atom. The molecule has 0 aliphatic heterocycles. The highest BCUT2D eigenvalue weighted by molar-refractivity contribution is 6.35. The summed E-state index contributed by atoms with van der Waals surface area (Å²) < 4.78 is 9.21. The van der Waals surface area contributed by atoms with Gasteiger partial charge in [0.1, 0.15) is 6.61 Å². The summed E-state index contributed by atoms with van der Waals surface area (Å²) in [5, 5.41) is 3.75. The molecule has 0 radical (unpaired) electrons. The molecular weight excluding hydrogens is 298 g/mol. The predicted molar refractivity (Wildman–Crippen MR) is 86.3 cm³/mol. The van der Waals surface area contributed by atoms with Crippen molar-refractivity contribution in [3.05, 3.63) is 35.4 Å². The molecule has 1 aromatic rings. The molecule has 0 heterocycles. The zero-order chi connectivity index (χ0) is 17.2. The van der Waals surface area contributed by atoms with Gasteiger partial charge in [-0.15, -0.1) is 0 Å². The lowest BCUT2D eigenvalue weighted by Crippen LogP contribution is -2.15. The van der Waals surface area contributed by atoms with Crippen molar-refractivity contribution in [1.29, 1.82) is 0 Å². The first-order chi connectivity index (χ1) is 11.0. The van der Waals surface area contributed by atoms with E-state index in [1.807, 2.05) is 12.1 Å². The van der Waals surface area contributed by atoms with Crippen molar-refractivity contribution >= 4 is 17.7 Å². The van der Waals surface area contributed by atoms with Crippen LogP contribution in [0.1, 0.15) is 36.2 Å². The Kier molecular flexibility index (Phi) is 7.80. The van der Waals surface area contributed by atoms with E-state index in [0.717, 1.165) is 18.4 Å². The highest BCUT2D eigenvalue weighted by Crippen LogP contribution is 2.14. The largest absolute Gasteiger partial charge is 0.465 e. The quantitative estimate of drug-likeness (QED) is 0.418. The van der Waals surface area contributed by atoms with Crippen molar-refractivity contribution < 1.29 is 23.9 Å². The fourth-order valence-corrected chi connectivity index (χ4v) is 1.97. The molecule has 0 amide bonds. The van der Waals surface area contributed by atoms with Crippen molar-refractivity contribution in [2.75, 3.05) is 20.8 Å². The second kappa shape index (κ2) is 9.61. The lowest BCUT2D eigenvalue weighted by atomic mass is 9.97. The third-order valence-corrected chi connectivity index (χ3v) is 3.47. The average molecular weight is 321 g/mol. The number of carbonyl (C=O) groups excluding carboxylic acids is 2. The molecule has 126 valence electrons. The summed E-state index contributed by atoms with van der Waals surface area (Å²) in [7, 11) is 2.66. The van der Waals surface area contributed by atoms with Crippen LogP contribution in [0.3, 0.4) is 0 Å². The van der Waals surface area contributed by atoms with Gasteiger partial charge in [0, 0.05) is 0 Å². The highest BCUT2D eigenvalue weighted by atomic mass is 16.6. The average Bonchev–Trinajstić information content (AvgIpc) is 2.59. The van der Waals surface area contributed by atoms with Crippen LogP contribution < -0.4 is 0 Å². The van der Waals surface area contributed by atoms with E-state index in [0.29, 0.717) is 12.2 Å². The molecular formula is C17H23NO5. The van der Waals surface area contributed by atoms with Crippen LogP contribution in [0.15, 0.2) is 29.4 Å². The molecule has 0 saturated heterocycles. The van der Waals surface area contributed by atoms with Crippen molar-refractivity contribution in [3.8, 4) is 0 Å². The first-order valence-corrected chi connectivity index (χ1v) is 7.43. The Labute approximate surface area is 136 Å². The first kappa shape index (κ1) is 18.7. The maximum atomic E-state index is 11.4. The topological polar surface area (TPSA) is 74.2 Å². The van der Waals surface area contributed by atoms with E-state index < -0.39 is 5.97 Å². The summed E-state index contributed by atoms with van der Waals surface area (Å²) in [5.74, 6) is -0.593. The molecule has 1 aromatic carbocycles. The standard InChI is InChI=1S/C17H23NO5/c1-5-13(11-23-18-12(2)16(19)21-3)10-14-6-8-15(9-7-14)17(20)22-4/h6-9,13H,5,10-11H2,1-4H3/b18-12+. The van der Waals surface area contributed by atoms with Gasteiger partial charge in [-0.2, -0.15) is 0 Å². The van der Waals surface area contributed by atoms with Crippen LogP contribution in [0.2, 0.25) is 0 Å². The van der Waals surface area contributed by atoms with E-state index >= 15 is 0 Å². The fourth-order valence-electron chi connectivity index (χ4n) is 1.97. The van der Waals surface area contributed by atoms with Gasteiger partial charge in [0.2, 0.25) is 0 Å². The summed E-state index contributed by atoms with van der Waals surface area (Å²) in [4.78, 5) is 27.8. The van der Waals surface area contributed by atoms with Crippen LogP contribution in [0.25, 0.3) is 0 Å². The second-order valence-electron chi connectivity index (χ2n) is 5.13. The number of esters is 2. The van der Waals surface area contributed by atoms with Crippen molar-refractivity contribution in [2.24, 2.45) is 11.1 Å². The summed E-state index contributed by atoms with van der Waals surface area (Å²) >= 11 is 0. The number of carbonyl (C=O) groups is 2. The Balaban J connectivity index is 2.56. The van der Waals surface area contributed by atoms with Gasteiger partial charge in [0.15, 0.2) is 5.71 Å². The molecule has 0 bridgehead atoms. The Morgan fingerprint density at radius 1 is 1.13 bits per heavy atom. The lowest BCUT2D eigenvalue weighted by molar-refractivity contribution is -0.133. The third-order valence-electron chi connectivity index (χ3n) is 3.47. The Bertz CT molecular complexity index is 551. The van der Waals surface area contributed by atoms with E-state index in [1.54, 1.807) is 19.1 Å². The van der Waals surface area contributed by atoms with Crippen LogP contribution >= 0.6 is 0 Å². The Hall–Kier alpha value is -2.37. The van der Waals surface area contributed by atoms with Gasteiger partial charge in [-0.05, 0) is 43.4 Å². The summed E-state index contributed by atoms with van der Waals surface area (Å²) in [6.07, 6.45) is 1.70. The maximum absolute atomic E-state index is 11.4. The molecule has 1 atom stereocenters. The number of hydrogen-bond donors (Lipinski definition) is 0. The van der Waals surface area contributed by atoms with Crippen LogP contribution in [0.4, 0.5) is 0 Å². The minimum Gasteiger partial charge on any atom is -0.465 e. The minimum absolute atomic E-state index is 0.185. The van der Waals surface area contributed by atoms with Gasteiger partial charge in [-0.1, -0.05) is 24.2 Å². The van der Waals surface area contributed by atoms with E-state index in [9.17, 15) is 9.59 Å². The first-order valence-electron chi connectivity index (χ1n) is 7.43. The maximum Gasteiger partial charge on any atom is 0.355 e. The number of nitrogens with zero attached hydrogens (tertiary/aromatic N) is 1. The van der Waals surface area contributed by atoms with E-state index in [4.69, 9.17) is 4.84 Å². The van der Waals surface area contributed by atoms with Gasteiger partial charge in [0.05, 0.1) is 19.8 Å². The molecule has 23 heavy (non-hydrogen) atoms. The number of ether oxygens (including phenoxy) is 2. The van der Waals surface area contributed by atoms with Crippen LogP contribution in [0, 0.1) is 5.92 Å². The van der Waals surface area contributed by atoms with Gasteiger partial charge in [0.25, 0.3) is 0 Å². The molecule has 0 aromatic heterocycles. The highest BCUT2D eigenvalue weighted by Gasteiger charge is 2.11. The summed E-state index contributed by atoms with van der Waals surface area (Å²) in [6.45, 7) is 4.01. The lowest BCUT2D eigenvalue weighted by Gasteiger charge is -2.13. The van der Waals surface area contributed by atoms with E-state index in [1.165, 1.54) is 14.2 Å². The monoisotopic (exact) mass is 321 g/mol. The molecule has 6 heteroatoms. The molecule has 1 rings (SSSR count). The van der Waals surface area contributed by atoms with Crippen molar-refractivity contribution in [3.63, 3.8) is 0 Å². The molecule has 1 unspecified atom stereocenters. The van der Waals surface area contributed by atoms with Gasteiger partial charge in [-0.25, -0.2) is 9.59 Å². The molecule has 0 spiro atoms. The molecule has 0 saturated carbocycles. The number of benzene rings is 1. The fraction of sp³-hybridized carbons (Fsp3) is 0.471. The van der Waals surface area contributed by atoms with Crippen LogP contribution in [-0.4, -0.2) is 38.5 Å². The number of methoxy groups -OCH3 is 2. The summed E-state index contributed by atoms with van der Waals surface area (Å²) in [6, 6.07) is 7.29. The van der Waals surface area contributed by atoms with E-state index in [-0.39, 0.29) is 17.6 Å². The number of rotatable bonds is 8. The van der Waals surface area contributed by atoms with Crippen LogP contribution in [0.5, 0.6) is 0 Å². The van der Waals surface area contributed by atoms with Crippen LogP contribution in [-0.2, 0) is 25.5 Å². The molecule has 0 N–H and O–H groups in total. The predicted octanol–water partition coefficient (Wildman–Crippen LogP) is 2.61. The van der Waals surface area contributed by atoms with Crippen molar-refractivity contribution in [1.82, 2.24) is 0 Å². The number of hydrogen-bond acceptors (Lipinski definition) is 6. The second-order valence-corrected chi connectivity index (χ2v) is 5.13. The molecule has 6 nitrogen and oxygen atoms in total. The van der Waals surface area contributed by atoms with Gasteiger partial charge < -0.3 is 14.3 Å². The SMILES string of the molecule is CCC(CO/N=C(\C)C(=O)OC)Cc1ccc(C(=O)OC)cc1. The smallest absolute Gasteiger partial charge is 0.355 e. The van der Waals surface area contributed by atoms with Crippen molar-refractivity contribution in [2.45, 2.75) is 26.7 Å². The molecule has 0 fully saturated rings. The minimum atomic E-state index is -0.503. The molecule has 0 aliphatic rings. The van der Waals surface area contributed by atoms with Gasteiger partial charge >= 0.3 is 11.9 Å². The summed E-state index contributed by atoms with van der Waals surface area (Å²) in [5.41, 5.74) is 1.81. The Morgan fingerprint density at radius 2 is 1.78 bits per heavy atom. The zero-order valence-corrected chi connectivity index (χ0v) is 14.0. The zero-order valence-electron chi connectivity index (χ0n) is 14.0. The normalized spacial score (nSPS) is 12.4. The van der Waals surface area contributed by atoms with E-state index in [2.05, 4.69) is 21.6 Å². The third kappa shape index (κ3) is 6.10.